The second-order valence-corrected chi connectivity index (χ2v) is 3.10. The average Bonchev–Trinajstić information content (AvgIpc) is 2.30. The van der Waals surface area contributed by atoms with E-state index < -0.39 is 5.97 Å². The van der Waals surface area contributed by atoms with Gasteiger partial charge in [-0.15, -0.1) is 12.3 Å². The minimum atomic E-state index is -1.06. The van der Waals surface area contributed by atoms with E-state index in [2.05, 4.69) is 15.9 Å². The van der Waals surface area contributed by atoms with Gasteiger partial charge in [-0.3, -0.25) is 0 Å². The van der Waals surface area contributed by atoms with Gasteiger partial charge in [0.1, 0.15) is 12.1 Å². The third-order valence-electron chi connectivity index (χ3n) is 2.10. The van der Waals surface area contributed by atoms with Crippen molar-refractivity contribution in [1.29, 1.82) is 0 Å². The topological polar surface area (TPSA) is 66.3 Å². The molecule has 0 radical (unpaired) electrons. The molecule has 1 rings (SSSR count). The lowest BCUT2D eigenvalue weighted by Gasteiger charge is -2.20. The SMILES string of the molecule is C#CCCN(CC)c1cc(C(=O)O)ncn1. The fraction of sp³-hybridized carbons (Fsp3) is 0.364. The minimum Gasteiger partial charge on any atom is -0.477 e. The molecule has 5 nitrogen and oxygen atoms in total. The number of nitrogens with zero attached hydrogens (tertiary/aromatic N) is 3. The van der Waals surface area contributed by atoms with Gasteiger partial charge in [0.25, 0.3) is 0 Å². The lowest BCUT2D eigenvalue weighted by atomic mass is 10.3. The zero-order chi connectivity index (χ0) is 12.0. The van der Waals surface area contributed by atoms with Crippen molar-refractivity contribution in [3.8, 4) is 12.3 Å². The van der Waals surface area contributed by atoms with Gasteiger partial charge in [0.15, 0.2) is 5.69 Å². The monoisotopic (exact) mass is 219 g/mol. The van der Waals surface area contributed by atoms with Gasteiger partial charge >= 0.3 is 5.97 Å². The van der Waals surface area contributed by atoms with Crippen molar-refractivity contribution in [1.82, 2.24) is 9.97 Å². The number of hydrogen-bond donors (Lipinski definition) is 1. The molecule has 1 aromatic rings. The van der Waals surface area contributed by atoms with Crippen LogP contribution in [0.5, 0.6) is 0 Å². The van der Waals surface area contributed by atoms with Crippen molar-refractivity contribution in [3.05, 3.63) is 18.1 Å². The van der Waals surface area contributed by atoms with Gasteiger partial charge in [0.2, 0.25) is 0 Å². The molecular formula is C11H13N3O2. The van der Waals surface area contributed by atoms with Crippen LogP contribution in [0.25, 0.3) is 0 Å². The molecule has 0 aliphatic heterocycles. The number of anilines is 1. The predicted octanol–water partition coefficient (Wildman–Crippen LogP) is 1.02. The Morgan fingerprint density at radius 2 is 2.38 bits per heavy atom. The van der Waals surface area contributed by atoms with E-state index in [-0.39, 0.29) is 5.69 Å². The highest BCUT2D eigenvalue weighted by Crippen LogP contribution is 2.11. The number of carboxylic acids is 1. The fourth-order valence-electron chi connectivity index (χ4n) is 1.27. The van der Waals surface area contributed by atoms with E-state index >= 15 is 0 Å². The van der Waals surface area contributed by atoms with Gasteiger partial charge in [-0.2, -0.15) is 0 Å². The number of carbonyl (C=O) groups is 1. The largest absolute Gasteiger partial charge is 0.477 e. The Morgan fingerprint density at radius 1 is 1.62 bits per heavy atom. The van der Waals surface area contributed by atoms with Crippen LogP contribution in [-0.4, -0.2) is 34.1 Å². The molecule has 0 atom stereocenters. The summed E-state index contributed by atoms with van der Waals surface area (Å²) in [4.78, 5) is 20.3. The van der Waals surface area contributed by atoms with Crippen molar-refractivity contribution >= 4 is 11.8 Å². The molecule has 1 aromatic heterocycles. The summed E-state index contributed by atoms with van der Waals surface area (Å²) in [5.41, 5.74) is -0.0100. The highest BCUT2D eigenvalue weighted by Gasteiger charge is 2.10. The molecule has 0 bridgehead atoms. The molecule has 0 amide bonds. The molecule has 0 fully saturated rings. The lowest BCUT2D eigenvalue weighted by molar-refractivity contribution is 0.0690. The van der Waals surface area contributed by atoms with E-state index in [1.165, 1.54) is 12.4 Å². The first-order valence-corrected chi connectivity index (χ1v) is 4.92. The normalized spacial score (nSPS) is 9.50. The fourth-order valence-corrected chi connectivity index (χ4v) is 1.27. The summed E-state index contributed by atoms with van der Waals surface area (Å²) in [6.07, 6.45) is 7.03. The molecule has 5 heteroatoms. The maximum absolute atomic E-state index is 10.7. The van der Waals surface area contributed by atoms with Gasteiger partial charge in [0, 0.05) is 25.6 Å². The number of hydrogen-bond acceptors (Lipinski definition) is 4. The van der Waals surface area contributed by atoms with Crippen molar-refractivity contribution < 1.29 is 9.90 Å². The molecule has 0 saturated carbocycles. The van der Waals surface area contributed by atoms with Gasteiger partial charge in [-0.05, 0) is 6.92 Å². The maximum Gasteiger partial charge on any atom is 0.354 e. The number of terminal acetylenes is 1. The molecule has 0 spiro atoms. The van der Waals surface area contributed by atoms with Crippen LogP contribution in [0, 0.1) is 12.3 Å². The van der Waals surface area contributed by atoms with Gasteiger partial charge in [0.05, 0.1) is 0 Å². The van der Waals surface area contributed by atoms with Crippen molar-refractivity contribution in [2.24, 2.45) is 0 Å². The molecule has 0 aliphatic rings. The summed E-state index contributed by atoms with van der Waals surface area (Å²) in [6, 6.07) is 1.45. The maximum atomic E-state index is 10.7. The summed E-state index contributed by atoms with van der Waals surface area (Å²) < 4.78 is 0. The number of rotatable bonds is 5. The van der Waals surface area contributed by atoms with E-state index in [0.29, 0.717) is 18.8 Å². The van der Waals surface area contributed by atoms with Crippen LogP contribution in [0.2, 0.25) is 0 Å². The molecule has 0 aliphatic carbocycles. The Balaban J connectivity index is 2.88. The average molecular weight is 219 g/mol. The Kier molecular flexibility index (Phi) is 4.28. The van der Waals surface area contributed by atoms with E-state index in [9.17, 15) is 4.79 Å². The van der Waals surface area contributed by atoms with Crippen LogP contribution in [0.3, 0.4) is 0 Å². The van der Waals surface area contributed by atoms with Crippen molar-refractivity contribution in [2.75, 3.05) is 18.0 Å². The van der Waals surface area contributed by atoms with Gasteiger partial charge in [-0.1, -0.05) is 0 Å². The van der Waals surface area contributed by atoms with E-state index in [0.717, 1.165) is 6.54 Å². The molecule has 84 valence electrons. The van der Waals surface area contributed by atoms with Crippen molar-refractivity contribution in [3.63, 3.8) is 0 Å². The number of aromatic nitrogens is 2. The first-order chi connectivity index (χ1) is 7.69. The Labute approximate surface area is 94.1 Å². The second kappa shape index (κ2) is 5.71. The van der Waals surface area contributed by atoms with E-state index in [1.807, 2.05) is 11.8 Å². The van der Waals surface area contributed by atoms with Crippen LogP contribution >= 0.6 is 0 Å². The first kappa shape index (κ1) is 12.0. The molecule has 1 heterocycles. The van der Waals surface area contributed by atoms with Gasteiger partial charge < -0.3 is 10.0 Å². The highest BCUT2D eigenvalue weighted by molar-refractivity contribution is 5.86. The highest BCUT2D eigenvalue weighted by atomic mass is 16.4. The quantitative estimate of drug-likeness (QED) is 0.749. The predicted molar refractivity (Wildman–Crippen MR) is 60.3 cm³/mol. The molecule has 16 heavy (non-hydrogen) atoms. The van der Waals surface area contributed by atoms with Crippen molar-refractivity contribution in [2.45, 2.75) is 13.3 Å². The summed E-state index contributed by atoms with van der Waals surface area (Å²) in [6.45, 7) is 3.33. The number of carboxylic acid groups (broad SMARTS) is 1. The molecule has 0 saturated heterocycles. The van der Waals surface area contributed by atoms with Gasteiger partial charge in [-0.25, -0.2) is 14.8 Å². The third-order valence-corrected chi connectivity index (χ3v) is 2.10. The Hall–Kier alpha value is -2.09. The summed E-state index contributed by atoms with van der Waals surface area (Å²) in [7, 11) is 0. The Bertz CT molecular complexity index is 412. The standard InChI is InChI=1S/C11H13N3O2/c1-3-5-6-14(4-2)10-7-9(11(15)16)12-8-13-10/h1,7-8H,4-6H2,2H3,(H,15,16). The van der Waals surface area contributed by atoms with Crippen LogP contribution in [0.4, 0.5) is 5.82 Å². The smallest absolute Gasteiger partial charge is 0.354 e. The van der Waals surface area contributed by atoms with Crippen LogP contribution in [-0.2, 0) is 0 Å². The first-order valence-electron chi connectivity index (χ1n) is 4.92. The van der Waals surface area contributed by atoms with Crippen LogP contribution < -0.4 is 4.90 Å². The third kappa shape index (κ3) is 2.95. The zero-order valence-electron chi connectivity index (χ0n) is 9.05. The minimum absolute atomic E-state index is 0.0100. The van der Waals surface area contributed by atoms with E-state index in [1.54, 1.807) is 0 Å². The molecular weight excluding hydrogens is 206 g/mol. The Morgan fingerprint density at radius 3 is 2.94 bits per heavy atom. The number of aromatic carboxylic acids is 1. The van der Waals surface area contributed by atoms with Crippen LogP contribution in [0.15, 0.2) is 12.4 Å². The summed E-state index contributed by atoms with van der Waals surface area (Å²) in [5.74, 6) is 2.07. The summed E-state index contributed by atoms with van der Waals surface area (Å²) in [5, 5.41) is 8.80. The zero-order valence-corrected chi connectivity index (χ0v) is 9.05. The molecule has 0 aromatic carbocycles. The summed E-state index contributed by atoms with van der Waals surface area (Å²) >= 11 is 0. The molecule has 1 N–H and O–H groups in total. The second-order valence-electron chi connectivity index (χ2n) is 3.10. The van der Waals surface area contributed by atoms with E-state index in [4.69, 9.17) is 11.5 Å². The molecule has 0 unspecified atom stereocenters. The lowest BCUT2D eigenvalue weighted by Crippen LogP contribution is -2.25. The van der Waals surface area contributed by atoms with Crippen LogP contribution in [0.1, 0.15) is 23.8 Å².